The number of amides is 1. The van der Waals surface area contributed by atoms with Gasteiger partial charge < -0.3 is 9.88 Å². The highest BCUT2D eigenvalue weighted by molar-refractivity contribution is 7.99. The monoisotopic (exact) mass is 437 g/mol. The quantitative estimate of drug-likeness (QED) is 0.620. The van der Waals surface area contributed by atoms with Crippen LogP contribution in [0.2, 0.25) is 0 Å². The van der Waals surface area contributed by atoms with Crippen LogP contribution in [-0.4, -0.2) is 37.3 Å². The molecule has 1 N–H and O–H groups in total. The molecule has 2 aliphatic rings. The van der Waals surface area contributed by atoms with E-state index < -0.39 is 0 Å². The molecule has 0 bridgehead atoms. The van der Waals surface area contributed by atoms with Gasteiger partial charge in [0.2, 0.25) is 5.91 Å². The van der Waals surface area contributed by atoms with Gasteiger partial charge >= 0.3 is 0 Å². The molecule has 1 saturated carbocycles. The van der Waals surface area contributed by atoms with Crippen molar-refractivity contribution in [1.29, 1.82) is 0 Å². The van der Waals surface area contributed by atoms with Gasteiger partial charge in [0.05, 0.1) is 17.1 Å². The fourth-order valence-electron chi connectivity index (χ4n) is 4.94. The molecule has 1 aromatic carbocycles. The Morgan fingerprint density at radius 2 is 2.00 bits per heavy atom. The number of aryl methyl sites for hydroxylation is 1. The number of imidazole rings is 1. The molecule has 0 radical (unpaired) electrons. The van der Waals surface area contributed by atoms with Crippen LogP contribution in [-0.2, 0) is 11.8 Å². The molecule has 7 nitrogen and oxygen atoms in total. The van der Waals surface area contributed by atoms with Crippen LogP contribution in [0.15, 0.2) is 46.5 Å². The SMILES string of the molecule is Cn1c(C2CCC(CNC(=O)CC3CSc4nccc(=O)n43)CC2)nc2ccccc21. The van der Waals surface area contributed by atoms with Crippen molar-refractivity contribution in [3.63, 3.8) is 0 Å². The Kier molecular flexibility index (Phi) is 5.56. The topological polar surface area (TPSA) is 81.8 Å². The molecule has 1 amide bonds. The molecular weight excluding hydrogens is 410 g/mol. The molecule has 1 fully saturated rings. The predicted molar refractivity (Wildman–Crippen MR) is 121 cm³/mol. The van der Waals surface area contributed by atoms with Gasteiger partial charge in [0.15, 0.2) is 5.16 Å². The summed E-state index contributed by atoms with van der Waals surface area (Å²) in [6, 6.07) is 9.65. The Morgan fingerprint density at radius 1 is 1.19 bits per heavy atom. The molecule has 1 aliphatic carbocycles. The Balaban J connectivity index is 1.13. The summed E-state index contributed by atoms with van der Waals surface area (Å²) in [6.45, 7) is 0.711. The first kappa shape index (κ1) is 20.3. The van der Waals surface area contributed by atoms with E-state index in [2.05, 4.69) is 40.1 Å². The number of para-hydroxylation sites is 2. The average molecular weight is 438 g/mol. The first-order valence-electron chi connectivity index (χ1n) is 11.0. The number of hydrogen-bond acceptors (Lipinski definition) is 5. The Bertz CT molecular complexity index is 1160. The number of benzene rings is 1. The summed E-state index contributed by atoms with van der Waals surface area (Å²) in [5, 5.41) is 3.83. The Morgan fingerprint density at radius 3 is 2.81 bits per heavy atom. The highest BCUT2D eigenvalue weighted by Gasteiger charge is 2.28. The van der Waals surface area contributed by atoms with Crippen LogP contribution in [0.5, 0.6) is 0 Å². The lowest BCUT2D eigenvalue weighted by molar-refractivity contribution is -0.122. The molecule has 1 aliphatic heterocycles. The van der Waals surface area contributed by atoms with Crippen molar-refractivity contribution in [3.05, 3.63) is 52.7 Å². The maximum absolute atomic E-state index is 12.5. The average Bonchev–Trinajstić information content (AvgIpc) is 3.35. The molecule has 3 heterocycles. The number of carbonyl (C=O) groups is 1. The first-order valence-corrected chi connectivity index (χ1v) is 12.0. The van der Waals surface area contributed by atoms with Crippen LogP contribution < -0.4 is 10.9 Å². The van der Waals surface area contributed by atoms with E-state index in [1.807, 2.05) is 6.07 Å². The third-order valence-corrected chi connectivity index (χ3v) is 7.77. The van der Waals surface area contributed by atoms with Gasteiger partial charge in [0.25, 0.3) is 5.56 Å². The second-order valence-electron chi connectivity index (χ2n) is 8.64. The molecule has 1 unspecified atom stereocenters. The molecule has 0 saturated heterocycles. The summed E-state index contributed by atoms with van der Waals surface area (Å²) in [5.41, 5.74) is 2.18. The fraction of sp³-hybridized carbons (Fsp3) is 0.478. The lowest BCUT2D eigenvalue weighted by Crippen LogP contribution is -2.34. The number of rotatable bonds is 5. The zero-order chi connectivity index (χ0) is 21.4. The zero-order valence-corrected chi connectivity index (χ0v) is 18.5. The third-order valence-electron chi connectivity index (χ3n) is 6.66. The maximum atomic E-state index is 12.5. The number of nitrogens with zero attached hydrogens (tertiary/aromatic N) is 4. The normalized spacial score (nSPS) is 23.1. The van der Waals surface area contributed by atoms with Crippen LogP contribution in [0.1, 0.15) is 49.9 Å². The highest BCUT2D eigenvalue weighted by Crippen LogP contribution is 2.36. The largest absolute Gasteiger partial charge is 0.356 e. The number of aromatic nitrogens is 4. The minimum absolute atomic E-state index is 0.0201. The van der Waals surface area contributed by atoms with Gasteiger partial charge in [0.1, 0.15) is 5.82 Å². The van der Waals surface area contributed by atoms with Crippen molar-refractivity contribution >= 4 is 28.7 Å². The van der Waals surface area contributed by atoms with Gasteiger partial charge in [-0.3, -0.25) is 14.2 Å². The van der Waals surface area contributed by atoms with Gasteiger partial charge in [-0.1, -0.05) is 23.9 Å². The van der Waals surface area contributed by atoms with Gasteiger partial charge in [-0.05, 0) is 43.7 Å². The van der Waals surface area contributed by atoms with E-state index in [1.54, 1.807) is 16.3 Å². The zero-order valence-electron chi connectivity index (χ0n) is 17.7. The second-order valence-corrected chi connectivity index (χ2v) is 9.63. The molecule has 8 heteroatoms. The molecule has 2 aromatic heterocycles. The maximum Gasteiger partial charge on any atom is 0.254 e. The molecule has 0 spiro atoms. The van der Waals surface area contributed by atoms with E-state index in [0.717, 1.165) is 37.0 Å². The van der Waals surface area contributed by atoms with Crippen molar-refractivity contribution in [2.45, 2.75) is 49.2 Å². The van der Waals surface area contributed by atoms with Gasteiger partial charge in [-0.25, -0.2) is 9.97 Å². The number of fused-ring (bicyclic) bond motifs is 2. The summed E-state index contributed by atoms with van der Waals surface area (Å²) in [4.78, 5) is 33.7. The molecular formula is C23H27N5O2S. The first-order chi connectivity index (χ1) is 15.1. The smallest absolute Gasteiger partial charge is 0.254 e. The van der Waals surface area contributed by atoms with E-state index in [4.69, 9.17) is 4.98 Å². The van der Waals surface area contributed by atoms with Crippen molar-refractivity contribution < 1.29 is 4.79 Å². The van der Waals surface area contributed by atoms with E-state index in [0.29, 0.717) is 30.0 Å². The molecule has 1 atom stereocenters. The Labute approximate surface area is 185 Å². The van der Waals surface area contributed by atoms with Crippen LogP contribution in [0.25, 0.3) is 11.0 Å². The number of nitrogens with one attached hydrogen (secondary N) is 1. The van der Waals surface area contributed by atoms with Crippen molar-refractivity contribution in [3.8, 4) is 0 Å². The Hall–Kier alpha value is -2.61. The van der Waals surface area contributed by atoms with Crippen LogP contribution in [0, 0.1) is 5.92 Å². The van der Waals surface area contributed by atoms with Crippen molar-refractivity contribution in [1.82, 2.24) is 24.4 Å². The highest BCUT2D eigenvalue weighted by atomic mass is 32.2. The summed E-state index contributed by atoms with van der Waals surface area (Å²) in [5.74, 6) is 2.91. The lowest BCUT2D eigenvalue weighted by Gasteiger charge is -2.28. The molecule has 162 valence electrons. The van der Waals surface area contributed by atoms with E-state index in [1.165, 1.54) is 23.6 Å². The molecule has 5 rings (SSSR count). The van der Waals surface area contributed by atoms with E-state index >= 15 is 0 Å². The lowest BCUT2D eigenvalue weighted by atomic mass is 9.81. The molecule has 3 aromatic rings. The minimum atomic E-state index is -0.102. The van der Waals surface area contributed by atoms with E-state index in [-0.39, 0.29) is 17.5 Å². The van der Waals surface area contributed by atoms with Gasteiger partial charge in [0, 0.05) is 43.9 Å². The number of thioether (sulfide) groups is 1. The summed E-state index contributed by atoms with van der Waals surface area (Å²) < 4.78 is 3.89. The standard InChI is InChI=1S/C23H27N5O2S/c1-27-19-5-3-2-4-18(19)26-22(27)16-8-6-15(7-9-16)13-25-20(29)12-17-14-31-23-24-11-10-21(30)28(17)23/h2-5,10-11,15-17H,6-9,12-14H2,1H3,(H,25,29). The van der Waals surface area contributed by atoms with Crippen LogP contribution >= 0.6 is 11.8 Å². The van der Waals surface area contributed by atoms with Gasteiger partial charge in [-0.15, -0.1) is 0 Å². The predicted octanol–water partition coefficient (Wildman–Crippen LogP) is 3.26. The van der Waals surface area contributed by atoms with Crippen molar-refractivity contribution in [2.75, 3.05) is 12.3 Å². The van der Waals surface area contributed by atoms with Crippen LogP contribution in [0.4, 0.5) is 0 Å². The summed E-state index contributed by atoms with van der Waals surface area (Å²) in [6.07, 6.45) is 6.27. The third kappa shape index (κ3) is 4.01. The number of carbonyl (C=O) groups excluding carboxylic acids is 1. The van der Waals surface area contributed by atoms with E-state index in [9.17, 15) is 9.59 Å². The molecule has 31 heavy (non-hydrogen) atoms. The van der Waals surface area contributed by atoms with Crippen LogP contribution in [0.3, 0.4) is 0 Å². The summed E-state index contributed by atoms with van der Waals surface area (Å²) >= 11 is 1.54. The van der Waals surface area contributed by atoms with Crippen molar-refractivity contribution in [2.24, 2.45) is 13.0 Å². The number of hydrogen-bond donors (Lipinski definition) is 1. The summed E-state index contributed by atoms with van der Waals surface area (Å²) in [7, 11) is 2.11. The van der Waals surface area contributed by atoms with Gasteiger partial charge in [-0.2, -0.15) is 0 Å². The fourth-order valence-corrected chi connectivity index (χ4v) is 6.06. The minimum Gasteiger partial charge on any atom is -0.356 e. The second kappa shape index (κ2) is 8.49.